The summed E-state index contributed by atoms with van der Waals surface area (Å²) in [5.74, 6) is 6.03. The van der Waals surface area contributed by atoms with Crippen LogP contribution < -0.4 is 10.6 Å². The van der Waals surface area contributed by atoms with E-state index < -0.39 is 0 Å². The van der Waals surface area contributed by atoms with Gasteiger partial charge in [-0.2, -0.15) is 5.10 Å². The molecule has 5 heteroatoms. The van der Waals surface area contributed by atoms with Gasteiger partial charge in [-0.15, -0.1) is 0 Å². The van der Waals surface area contributed by atoms with Gasteiger partial charge < -0.3 is 15.3 Å². The second-order valence-corrected chi connectivity index (χ2v) is 4.83. The molecule has 110 valence electrons. The van der Waals surface area contributed by atoms with Gasteiger partial charge in [-0.25, -0.2) is 0 Å². The first-order chi connectivity index (χ1) is 9.90. The summed E-state index contributed by atoms with van der Waals surface area (Å²) in [6.07, 6.45) is 3.81. The smallest absolute Gasteiger partial charge is 0.128 e. The number of ether oxygens (including phenoxy) is 2. The number of nitrogens with two attached hydrogens (primary N) is 1. The quantitative estimate of drug-likeness (QED) is 0.355. The van der Waals surface area contributed by atoms with E-state index in [0.717, 1.165) is 63.6 Å². The monoisotopic (exact) mass is 277 g/mol. The molecule has 2 rings (SSSR count). The molecule has 1 saturated heterocycles. The lowest BCUT2D eigenvalue weighted by Gasteiger charge is -2.26. The van der Waals surface area contributed by atoms with Crippen molar-refractivity contribution in [2.75, 3.05) is 39.5 Å². The van der Waals surface area contributed by atoms with Crippen molar-refractivity contribution >= 4 is 6.21 Å². The average molecular weight is 277 g/mol. The molecule has 1 aliphatic heterocycles. The van der Waals surface area contributed by atoms with Crippen LogP contribution in [0.4, 0.5) is 0 Å². The second kappa shape index (κ2) is 8.55. The molecule has 1 aromatic carbocycles. The molecule has 0 unspecified atom stereocenters. The number of morpholine rings is 1. The largest absolute Gasteiger partial charge is 0.493 e. The number of hydrogen-bond acceptors (Lipinski definition) is 5. The molecule has 1 heterocycles. The number of nitrogens with zero attached hydrogens (tertiary/aromatic N) is 2. The van der Waals surface area contributed by atoms with Crippen molar-refractivity contribution in [3.8, 4) is 5.75 Å². The third-order valence-corrected chi connectivity index (χ3v) is 3.36. The van der Waals surface area contributed by atoms with Gasteiger partial charge in [0.05, 0.1) is 26.0 Å². The Balaban J connectivity index is 1.65. The molecule has 2 N–H and O–H groups in total. The third-order valence-electron chi connectivity index (χ3n) is 3.36. The summed E-state index contributed by atoms with van der Waals surface area (Å²) in [4.78, 5) is 2.44. The van der Waals surface area contributed by atoms with E-state index in [2.05, 4.69) is 10.0 Å². The predicted molar refractivity (Wildman–Crippen MR) is 80.2 cm³/mol. The molecule has 1 fully saturated rings. The molecule has 0 saturated carbocycles. The van der Waals surface area contributed by atoms with Crippen molar-refractivity contribution in [1.82, 2.24) is 4.90 Å². The van der Waals surface area contributed by atoms with Gasteiger partial charge in [0.15, 0.2) is 0 Å². The maximum Gasteiger partial charge on any atom is 0.128 e. The van der Waals surface area contributed by atoms with E-state index in [9.17, 15) is 0 Å². The normalized spacial score (nSPS) is 16.6. The first-order valence-corrected chi connectivity index (χ1v) is 7.15. The van der Waals surface area contributed by atoms with Crippen LogP contribution in [-0.2, 0) is 4.74 Å². The van der Waals surface area contributed by atoms with Crippen molar-refractivity contribution in [3.63, 3.8) is 0 Å². The molecular weight excluding hydrogens is 254 g/mol. The lowest BCUT2D eigenvalue weighted by Crippen LogP contribution is -2.36. The Morgan fingerprint density at radius 1 is 1.25 bits per heavy atom. The maximum absolute atomic E-state index is 5.79. The fourth-order valence-corrected chi connectivity index (χ4v) is 2.24. The Labute approximate surface area is 120 Å². The lowest BCUT2D eigenvalue weighted by atomic mass is 10.2. The Morgan fingerprint density at radius 2 is 2.05 bits per heavy atom. The van der Waals surface area contributed by atoms with Gasteiger partial charge in [0.1, 0.15) is 5.75 Å². The van der Waals surface area contributed by atoms with Crippen LogP contribution in [0.15, 0.2) is 29.4 Å². The molecule has 5 nitrogen and oxygen atoms in total. The number of unbranched alkanes of at least 4 members (excludes halogenated alkanes) is 1. The number of hydrogen-bond donors (Lipinski definition) is 1. The number of para-hydroxylation sites is 1. The molecule has 0 atom stereocenters. The molecule has 0 radical (unpaired) electrons. The van der Waals surface area contributed by atoms with Crippen LogP contribution >= 0.6 is 0 Å². The summed E-state index contributed by atoms with van der Waals surface area (Å²) in [6, 6.07) is 7.79. The highest BCUT2D eigenvalue weighted by atomic mass is 16.5. The van der Waals surface area contributed by atoms with E-state index in [0.29, 0.717) is 0 Å². The summed E-state index contributed by atoms with van der Waals surface area (Å²) in [5, 5.41) is 3.55. The molecular formula is C15H23N3O2. The van der Waals surface area contributed by atoms with Crippen molar-refractivity contribution in [1.29, 1.82) is 0 Å². The SMILES string of the molecule is NN=Cc1ccccc1OCCCCN1CCOCC1. The van der Waals surface area contributed by atoms with Gasteiger partial charge in [-0.05, 0) is 31.5 Å². The highest BCUT2D eigenvalue weighted by Crippen LogP contribution is 2.16. The molecule has 1 aliphatic rings. The predicted octanol–water partition coefficient (Wildman–Crippen LogP) is 1.47. The molecule has 0 bridgehead atoms. The minimum atomic E-state index is 0.722. The first kappa shape index (κ1) is 14.8. The number of hydrazone groups is 1. The average Bonchev–Trinajstić information content (AvgIpc) is 2.50. The lowest BCUT2D eigenvalue weighted by molar-refractivity contribution is 0.0368. The third kappa shape index (κ3) is 4.83. The summed E-state index contributed by atoms with van der Waals surface area (Å²) in [5.41, 5.74) is 0.920. The molecule has 0 spiro atoms. The summed E-state index contributed by atoms with van der Waals surface area (Å²) in [7, 11) is 0. The Morgan fingerprint density at radius 3 is 2.85 bits per heavy atom. The highest BCUT2D eigenvalue weighted by Gasteiger charge is 2.09. The van der Waals surface area contributed by atoms with Gasteiger partial charge in [-0.1, -0.05) is 12.1 Å². The van der Waals surface area contributed by atoms with Crippen molar-refractivity contribution in [2.24, 2.45) is 10.9 Å². The van der Waals surface area contributed by atoms with Gasteiger partial charge >= 0.3 is 0 Å². The molecule has 0 aliphatic carbocycles. The Bertz CT molecular complexity index is 417. The van der Waals surface area contributed by atoms with Crippen LogP contribution in [0.2, 0.25) is 0 Å². The van der Waals surface area contributed by atoms with Crippen LogP contribution in [0.5, 0.6) is 5.75 Å². The second-order valence-electron chi connectivity index (χ2n) is 4.83. The van der Waals surface area contributed by atoms with Crippen molar-refractivity contribution in [3.05, 3.63) is 29.8 Å². The minimum Gasteiger partial charge on any atom is -0.493 e. The maximum atomic E-state index is 5.79. The molecule has 20 heavy (non-hydrogen) atoms. The summed E-state index contributed by atoms with van der Waals surface area (Å²) in [6.45, 7) is 5.68. The van der Waals surface area contributed by atoms with Crippen LogP contribution in [0.25, 0.3) is 0 Å². The summed E-state index contributed by atoms with van der Waals surface area (Å²) < 4.78 is 11.1. The number of benzene rings is 1. The van der Waals surface area contributed by atoms with E-state index in [1.54, 1.807) is 6.21 Å². The van der Waals surface area contributed by atoms with Crippen LogP contribution in [0, 0.1) is 0 Å². The zero-order valence-corrected chi connectivity index (χ0v) is 11.8. The van der Waals surface area contributed by atoms with Crippen LogP contribution in [0.1, 0.15) is 18.4 Å². The van der Waals surface area contributed by atoms with E-state index in [4.69, 9.17) is 15.3 Å². The van der Waals surface area contributed by atoms with Gasteiger partial charge in [0.25, 0.3) is 0 Å². The van der Waals surface area contributed by atoms with E-state index >= 15 is 0 Å². The highest BCUT2D eigenvalue weighted by molar-refractivity contribution is 5.83. The zero-order chi connectivity index (χ0) is 14.0. The van der Waals surface area contributed by atoms with Gasteiger partial charge in [-0.3, -0.25) is 4.90 Å². The Hall–Kier alpha value is -1.59. The summed E-state index contributed by atoms with van der Waals surface area (Å²) >= 11 is 0. The van der Waals surface area contributed by atoms with Gasteiger partial charge in [0.2, 0.25) is 0 Å². The Kier molecular flexibility index (Phi) is 6.34. The van der Waals surface area contributed by atoms with E-state index in [1.165, 1.54) is 0 Å². The fraction of sp³-hybridized carbons (Fsp3) is 0.533. The van der Waals surface area contributed by atoms with Crippen molar-refractivity contribution < 1.29 is 9.47 Å². The molecule has 0 amide bonds. The van der Waals surface area contributed by atoms with Crippen LogP contribution in [0.3, 0.4) is 0 Å². The van der Waals surface area contributed by atoms with Crippen molar-refractivity contribution in [2.45, 2.75) is 12.8 Å². The van der Waals surface area contributed by atoms with Crippen LogP contribution in [-0.4, -0.2) is 50.6 Å². The molecule has 0 aromatic heterocycles. The minimum absolute atomic E-state index is 0.722. The number of rotatable bonds is 7. The van der Waals surface area contributed by atoms with E-state index in [-0.39, 0.29) is 0 Å². The standard InChI is InChI=1S/C15H23N3O2/c16-17-13-14-5-1-2-6-15(14)20-10-4-3-7-18-8-11-19-12-9-18/h1-2,5-6,13H,3-4,7-12,16H2. The topological polar surface area (TPSA) is 60.1 Å². The fourth-order valence-electron chi connectivity index (χ4n) is 2.24. The van der Waals surface area contributed by atoms with Gasteiger partial charge in [0, 0.05) is 18.7 Å². The zero-order valence-electron chi connectivity index (χ0n) is 11.8. The molecule has 1 aromatic rings. The van der Waals surface area contributed by atoms with E-state index in [1.807, 2.05) is 24.3 Å². The first-order valence-electron chi connectivity index (χ1n) is 7.15.